The van der Waals surface area contributed by atoms with E-state index in [1.165, 1.54) is 0 Å². The summed E-state index contributed by atoms with van der Waals surface area (Å²) in [5, 5.41) is 4.01. The number of imidazole rings is 1. The van der Waals surface area contributed by atoms with Crippen molar-refractivity contribution in [3.05, 3.63) is 96.6 Å². The Kier molecular flexibility index (Phi) is 8.21. The zero-order valence-corrected chi connectivity index (χ0v) is 20.6. The molecule has 0 saturated carbocycles. The van der Waals surface area contributed by atoms with E-state index in [1.54, 1.807) is 11.8 Å². The largest absolute Gasteiger partial charge is 0.352 e. The molecule has 1 heterocycles. The molecule has 0 aliphatic carbocycles. The van der Waals surface area contributed by atoms with Crippen LogP contribution in [0.15, 0.2) is 96.2 Å². The van der Waals surface area contributed by atoms with Crippen molar-refractivity contribution in [3.8, 4) is 22.5 Å². The third-order valence-electron chi connectivity index (χ3n) is 5.60. The van der Waals surface area contributed by atoms with E-state index < -0.39 is 0 Å². The van der Waals surface area contributed by atoms with E-state index in [-0.39, 0.29) is 11.9 Å². The van der Waals surface area contributed by atoms with Crippen molar-refractivity contribution < 1.29 is 4.79 Å². The molecule has 1 aromatic heterocycles. The topological polar surface area (TPSA) is 46.9 Å². The fraction of sp³-hybridized carbons (Fsp3) is 0.241. The molecule has 0 unspecified atom stereocenters. The molecule has 0 spiro atoms. The average molecular weight is 470 g/mol. The van der Waals surface area contributed by atoms with Crippen molar-refractivity contribution in [3.63, 3.8) is 0 Å². The van der Waals surface area contributed by atoms with Crippen LogP contribution < -0.4 is 5.32 Å². The predicted octanol–water partition coefficient (Wildman–Crippen LogP) is 6.99. The predicted molar refractivity (Wildman–Crippen MR) is 142 cm³/mol. The van der Waals surface area contributed by atoms with Gasteiger partial charge in [-0.15, -0.1) is 0 Å². The number of carbonyl (C=O) groups excluding carboxylic acids is 1. The Balaban J connectivity index is 1.47. The number of rotatable bonds is 10. The summed E-state index contributed by atoms with van der Waals surface area (Å²) in [6.07, 6.45) is 1.32. The minimum Gasteiger partial charge on any atom is -0.352 e. The highest BCUT2D eigenvalue weighted by atomic mass is 32.2. The number of aromatic nitrogens is 2. The van der Waals surface area contributed by atoms with Gasteiger partial charge in [-0.05, 0) is 25.8 Å². The Bertz CT molecular complexity index is 1190. The molecule has 0 aliphatic heterocycles. The molecule has 4 rings (SSSR count). The third-order valence-corrected chi connectivity index (χ3v) is 6.64. The molecule has 1 N–H and O–H groups in total. The van der Waals surface area contributed by atoms with Gasteiger partial charge >= 0.3 is 0 Å². The Labute approximate surface area is 206 Å². The van der Waals surface area contributed by atoms with E-state index in [0.717, 1.165) is 45.4 Å². The zero-order chi connectivity index (χ0) is 23.8. The number of carbonyl (C=O) groups is 1. The number of nitrogens with one attached hydrogen (secondary N) is 1. The van der Waals surface area contributed by atoms with E-state index in [4.69, 9.17) is 4.98 Å². The van der Waals surface area contributed by atoms with Crippen LogP contribution >= 0.6 is 11.8 Å². The molecule has 174 valence electrons. The van der Waals surface area contributed by atoms with Gasteiger partial charge in [0, 0.05) is 35.9 Å². The second-order valence-electron chi connectivity index (χ2n) is 8.50. The molecule has 4 nitrogen and oxygen atoms in total. The van der Waals surface area contributed by atoms with Crippen molar-refractivity contribution in [1.29, 1.82) is 0 Å². The highest BCUT2D eigenvalue weighted by molar-refractivity contribution is 7.99. The molecule has 4 aromatic rings. The minimum atomic E-state index is 0.0894. The number of amides is 1. The van der Waals surface area contributed by atoms with E-state index in [0.29, 0.717) is 13.0 Å². The lowest BCUT2D eigenvalue weighted by Gasteiger charge is -2.16. The summed E-state index contributed by atoms with van der Waals surface area (Å²) in [4.78, 5) is 17.4. The lowest BCUT2D eigenvalue weighted by Crippen LogP contribution is -2.22. The standard InChI is InChI=1S/C29H31N3OS/c1-22(2)32-28(25-17-10-5-11-18-25)27(24-15-8-4-9-16-24)31-29(32)34-20-12-19-26(33)30-21-23-13-6-3-7-14-23/h3-11,13-18,22H,12,19-21H2,1-2H3,(H,30,33). The summed E-state index contributed by atoms with van der Waals surface area (Å²) >= 11 is 1.73. The maximum Gasteiger partial charge on any atom is 0.220 e. The maximum atomic E-state index is 12.3. The fourth-order valence-corrected chi connectivity index (χ4v) is 5.01. The van der Waals surface area contributed by atoms with Gasteiger partial charge in [-0.3, -0.25) is 4.79 Å². The lowest BCUT2D eigenvalue weighted by molar-refractivity contribution is -0.121. The van der Waals surface area contributed by atoms with Crippen LogP contribution in [0.1, 0.15) is 38.3 Å². The van der Waals surface area contributed by atoms with Gasteiger partial charge < -0.3 is 9.88 Å². The summed E-state index contributed by atoms with van der Waals surface area (Å²) in [6.45, 7) is 4.97. The fourth-order valence-electron chi connectivity index (χ4n) is 3.94. The first-order valence-electron chi connectivity index (χ1n) is 11.8. The first-order valence-corrected chi connectivity index (χ1v) is 12.8. The monoisotopic (exact) mass is 469 g/mol. The van der Waals surface area contributed by atoms with Gasteiger partial charge in [0.05, 0.1) is 11.4 Å². The number of hydrogen-bond acceptors (Lipinski definition) is 3. The number of nitrogens with zero attached hydrogens (tertiary/aromatic N) is 2. The minimum absolute atomic E-state index is 0.0894. The van der Waals surface area contributed by atoms with Gasteiger partial charge in [-0.2, -0.15) is 0 Å². The average Bonchev–Trinajstić information content (AvgIpc) is 3.27. The molecule has 34 heavy (non-hydrogen) atoms. The first-order chi connectivity index (χ1) is 16.6. The molecule has 0 aliphatic rings. The quantitative estimate of drug-likeness (QED) is 0.201. The van der Waals surface area contributed by atoms with Crippen LogP contribution in [0.4, 0.5) is 0 Å². The van der Waals surface area contributed by atoms with Gasteiger partial charge in [0.1, 0.15) is 0 Å². The molecule has 3 aromatic carbocycles. The van der Waals surface area contributed by atoms with E-state index in [2.05, 4.69) is 72.3 Å². The Hall–Kier alpha value is -3.31. The van der Waals surface area contributed by atoms with Gasteiger partial charge in [0.25, 0.3) is 0 Å². The molecule has 0 saturated heterocycles. The third kappa shape index (κ3) is 5.97. The smallest absolute Gasteiger partial charge is 0.220 e. The summed E-state index contributed by atoms with van der Waals surface area (Å²) in [5.74, 6) is 0.928. The van der Waals surface area contributed by atoms with Crippen LogP contribution in [0.3, 0.4) is 0 Å². The van der Waals surface area contributed by atoms with Crippen molar-refractivity contribution in [2.24, 2.45) is 0 Å². The molecule has 5 heteroatoms. The van der Waals surface area contributed by atoms with Gasteiger partial charge in [0.15, 0.2) is 5.16 Å². The Morgan fingerprint density at radius 2 is 1.47 bits per heavy atom. The van der Waals surface area contributed by atoms with E-state index in [1.807, 2.05) is 42.5 Å². The van der Waals surface area contributed by atoms with Crippen LogP contribution in [0.25, 0.3) is 22.5 Å². The number of benzene rings is 3. The van der Waals surface area contributed by atoms with Crippen LogP contribution in [-0.2, 0) is 11.3 Å². The van der Waals surface area contributed by atoms with Crippen molar-refractivity contribution in [1.82, 2.24) is 14.9 Å². The molecule has 1 amide bonds. The Morgan fingerprint density at radius 1 is 0.882 bits per heavy atom. The Morgan fingerprint density at radius 3 is 2.09 bits per heavy atom. The van der Waals surface area contributed by atoms with Crippen molar-refractivity contribution in [2.45, 2.75) is 44.4 Å². The molecule has 0 fully saturated rings. The second kappa shape index (κ2) is 11.7. The van der Waals surface area contributed by atoms with Crippen molar-refractivity contribution in [2.75, 3.05) is 5.75 Å². The molecular formula is C29H31N3OS. The van der Waals surface area contributed by atoms with Gasteiger partial charge in [-0.25, -0.2) is 4.98 Å². The lowest BCUT2D eigenvalue weighted by atomic mass is 10.0. The van der Waals surface area contributed by atoms with Gasteiger partial charge in [-0.1, -0.05) is 103 Å². The molecule has 0 bridgehead atoms. The van der Waals surface area contributed by atoms with Crippen LogP contribution in [0, 0.1) is 0 Å². The van der Waals surface area contributed by atoms with Crippen molar-refractivity contribution >= 4 is 17.7 Å². The summed E-state index contributed by atoms with van der Waals surface area (Å²) in [7, 11) is 0. The van der Waals surface area contributed by atoms with Crippen LogP contribution in [0.5, 0.6) is 0 Å². The molecular weight excluding hydrogens is 438 g/mol. The van der Waals surface area contributed by atoms with Gasteiger partial charge in [0.2, 0.25) is 5.91 Å². The zero-order valence-electron chi connectivity index (χ0n) is 19.8. The second-order valence-corrected chi connectivity index (χ2v) is 9.56. The normalized spacial score (nSPS) is 11.0. The van der Waals surface area contributed by atoms with Crippen LogP contribution in [-0.4, -0.2) is 21.2 Å². The highest BCUT2D eigenvalue weighted by Gasteiger charge is 2.21. The number of hydrogen-bond donors (Lipinski definition) is 1. The molecule has 0 radical (unpaired) electrons. The summed E-state index contributed by atoms with van der Waals surface area (Å²) < 4.78 is 2.33. The summed E-state index contributed by atoms with van der Waals surface area (Å²) in [5.41, 5.74) is 5.54. The number of thioether (sulfide) groups is 1. The SMILES string of the molecule is CC(C)n1c(SCCCC(=O)NCc2ccccc2)nc(-c2ccccc2)c1-c1ccccc1. The highest BCUT2D eigenvalue weighted by Crippen LogP contribution is 2.38. The van der Waals surface area contributed by atoms with Crippen LogP contribution in [0.2, 0.25) is 0 Å². The molecule has 0 atom stereocenters. The summed E-state index contributed by atoms with van der Waals surface area (Å²) in [6, 6.07) is 31.1. The van der Waals surface area contributed by atoms with E-state index >= 15 is 0 Å². The first kappa shape index (κ1) is 23.8. The van der Waals surface area contributed by atoms with E-state index in [9.17, 15) is 4.79 Å². The maximum absolute atomic E-state index is 12.3.